The second-order valence-electron chi connectivity index (χ2n) is 5.80. The van der Waals surface area contributed by atoms with Crippen LogP contribution in [0.3, 0.4) is 0 Å². The molecule has 1 saturated carbocycles. The van der Waals surface area contributed by atoms with E-state index in [-0.39, 0.29) is 0 Å². The van der Waals surface area contributed by atoms with Crippen molar-refractivity contribution in [2.24, 2.45) is 5.92 Å². The Hall–Kier alpha value is -0.820. The van der Waals surface area contributed by atoms with Gasteiger partial charge in [-0.05, 0) is 30.9 Å². The van der Waals surface area contributed by atoms with Gasteiger partial charge in [-0.25, -0.2) is 0 Å². The highest BCUT2D eigenvalue weighted by atomic mass is 14.9. The average molecular weight is 245 g/mol. The van der Waals surface area contributed by atoms with Gasteiger partial charge in [-0.15, -0.1) is 0 Å². The van der Waals surface area contributed by atoms with Crippen LogP contribution < -0.4 is 5.32 Å². The smallest absolute Gasteiger partial charge is 0.0189 e. The van der Waals surface area contributed by atoms with Crippen molar-refractivity contribution in [1.29, 1.82) is 0 Å². The van der Waals surface area contributed by atoms with E-state index >= 15 is 0 Å². The predicted octanol–water partition coefficient (Wildman–Crippen LogP) is 4.13. The monoisotopic (exact) mass is 245 g/mol. The minimum atomic E-state index is 0.396. The van der Waals surface area contributed by atoms with Crippen LogP contribution in [0.2, 0.25) is 0 Å². The van der Waals surface area contributed by atoms with Gasteiger partial charge in [0.2, 0.25) is 0 Å². The quantitative estimate of drug-likeness (QED) is 0.794. The summed E-state index contributed by atoms with van der Waals surface area (Å²) < 4.78 is 0. The van der Waals surface area contributed by atoms with Crippen LogP contribution in [0.15, 0.2) is 30.3 Å². The molecule has 1 aromatic carbocycles. The zero-order chi connectivity index (χ0) is 13.0. The van der Waals surface area contributed by atoms with E-state index in [2.05, 4.69) is 56.4 Å². The van der Waals surface area contributed by atoms with E-state index < -0.39 is 0 Å². The molecule has 1 nitrogen and oxygen atoms in total. The molecule has 2 atom stereocenters. The van der Waals surface area contributed by atoms with Crippen LogP contribution in [0.25, 0.3) is 0 Å². The third-order valence-corrected chi connectivity index (χ3v) is 4.83. The van der Waals surface area contributed by atoms with Crippen LogP contribution in [0, 0.1) is 5.92 Å². The Labute approximate surface area is 112 Å². The van der Waals surface area contributed by atoms with Crippen LogP contribution in [0.5, 0.6) is 0 Å². The fourth-order valence-corrected chi connectivity index (χ4v) is 3.50. The molecular formula is C17H27N. The molecule has 0 aromatic heterocycles. The number of hydrogen-bond acceptors (Lipinski definition) is 1. The van der Waals surface area contributed by atoms with Crippen molar-refractivity contribution >= 4 is 0 Å². The van der Waals surface area contributed by atoms with Crippen LogP contribution >= 0.6 is 0 Å². The van der Waals surface area contributed by atoms with E-state index in [1.54, 1.807) is 5.56 Å². The van der Waals surface area contributed by atoms with Crippen molar-refractivity contribution in [1.82, 2.24) is 5.32 Å². The van der Waals surface area contributed by atoms with Crippen molar-refractivity contribution in [3.63, 3.8) is 0 Å². The topological polar surface area (TPSA) is 12.0 Å². The summed E-state index contributed by atoms with van der Waals surface area (Å²) in [6.45, 7) is 8.01. The number of likely N-dealkylation sites (N-methyl/N-ethyl adjacent to an activating group) is 1. The molecular weight excluding hydrogens is 218 g/mol. The molecule has 1 fully saturated rings. The molecule has 1 aliphatic rings. The van der Waals surface area contributed by atoms with Crippen LogP contribution in [0.4, 0.5) is 0 Å². The lowest BCUT2D eigenvalue weighted by molar-refractivity contribution is 0.129. The molecule has 100 valence electrons. The minimum Gasteiger partial charge on any atom is -0.313 e. The molecule has 0 bridgehead atoms. The van der Waals surface area contributed by atoms with Gasteiger partial charge < -0.3 is 5.32 Å². The molecule has 0 saturated heterocycles. The Morgan fingerprint density at radius 3 is 2.28 bits per heavy atom. The molecule has 0 heterocycles. The van der Waals surface area contributed by atoms with Crippen LogP contribution in [-0.4, -0.2) is 12.6 Å². The molecule has 2 unspecified atom stereocenters. The summed E-state index contributed by atoms with van der Waals surface area (Å²) in [7, 11) is 0. The molecule has 0 radical (unpaired) electrons. The Bertz CT molecular complexity index is 353. The molecule has 0 amide bonds. The molecule has 1 aromatic rings. The van der Waals surface area contributed by atoms with Gasteiger partial charge in [-0.3, -0.25) is 0 Å². The SMILES string of the molecule is CCNC(C(C)CC)C1(c2ccccc2)CCC1. The van der Waals surface area contributed by atoms with E-state index in [1.807, 2.05) is 0 Å². The lowest BCUT2D eigenvalue weighted by Crippen LogP contribution is -2.55. The average Bonchev–Trinajstić information content (AvgIpc) is 2.37. The van der Waals surface area contributed by atoms with Gasteiger partial charge in [0.15, 0.2) is 0 Å². The second kappa shape index (κ2) is 5.88. The summed E-state index contributed by atoms with van der Waals surface area (Å²) >= 11 is 0. The Balaban J connectivity index is 2.29. The molecule has 1 N–H and O–H groups in total. The highest BCUT2D eigenvalue weighted by Gasteiger charge is 2.46. The minimum absolute atomic E-state index is 0.396. The Morgan fingerprint density at radius 1 is 1.17 bits per heavy atom. The first kappa shape index (κ1) is 13.6. The van der Waals surface area contributed by atoms with E-state index in [4.69, 9.17) is 0 Å². The normalized spacial score (nSPS) is 21.1. The van der Waals surface area contributed by atoms with Gasteiger partial charge in [0.1, 0.15) is 0 Å². The van der Waals surface area contributed by atoms with Gasteiger partial charge >= 0.3 is 0 Å². The van der Waals surface area contributed by atoms with Crippen LogP contribution in [-0.2, 0) is 5.41 Å². The lowest BCUT2D eigenvalue weighted by atomic mass is 9.57. The highest BCUT2D eigenvalue weighted by molar-refractivity contribution is 5.31. The maximum Gasteiger partial charge on any atom is 0.0189 e. The summed E-state index contributed by atoms with van der Waals surface area (Å²) in [5, 5.41) is 3.77. The Kier molecular flexibility index (Phi) is 4.45. The fraction of sp³-hybridized carbons (Fsp3) is 0.647. The zero-order valence-corrected chi connectivity index (χ0v) is 12.1. The van der Waals surface area contributed by atoms with Crippen LogP contribution in [0.1, 0.15) is 52.0 Å². The third-order valence-electron chi connectivity index (χ3n) is 4.83. The molecule has 1 aliphatic carbocycles. The maximum absolute atomic E-state index is 3.77. The Morgan fingerprint density at radius 2 is 1.83 bits per heavy atom. The number of rotatable bonds is 6. The molecule has 18 heavy (non-hydrogen) atoms. The summed E-state index contributed by atoms with van der Waals surface area (Å²) in [6, 6.07) is 11.8. The number of hydrogen-bond donors (Lipinski definition) is 1. The standard InChI is InChI=1S/C17H27N/c1-4-14(3)16(18-5-2)17(12-9-13-17)15-10-7-6-8-11-15/h6-8,10-11,14,16,18H,4-5,9,12-13H2,1-3H3. The highest BCUT2D eigenvalue weighted by Crippen LogP contribution is 2.48. The molecule has 0 aliphatic heterocycles. The summed E-state index contributed by atoms with van der Waals surface area (Å²) in [5.74, 6) is 0.741. The second-order valence-corrected chi connectivity index (χ2v) is 5.80. The number of benzene rings is 1. The van der Waals surface area contributed by atoms with Crippen molar-refractivity contribution in [3.05, 3.63) is 35.9 Å². The zero-order valence-electron chi connectivity index (χ0n) is 12.1. The molecule has 2 rings (SSSR count). The third kappa shape index (κ3) is 2.33. The number of nitrogens with one attached hydrogen (secondary N) is 1. The fourth-order valence-electron chi connectivity index (χ4n) is 3.50. The van der Waals surface area contributed by atoms with Crippen molar-refractivity contribution in [2.45, 2.75) is 57.9 Å². The van der Waals surface area contributed by atoms with E-state index in [9.17, 15) is 0 Å². The summed E-state index contributed by atoms with van der Waals surface area (Å²) in [5.41, 5.74) is 1.94. The molecule has 1 heteroatoms. The van der Waals surface area contributed by atoms with Gasteiger partial charge in [0, 0.05) is 11.5 Å². The largest absolute Gasteiger partial charge is 0.313 e. The van der Waals surface area contributed by atoms with E-state index in [0.717, 1.165) is 12.5 Å². The van der Waals surface area contributed by atoms with Crippen molar-refractivity contribution in [3.8, 4) is 0 Å². The lowest BCUT2D eigenvalue weighted by Gasteiger charge is -2.51. The van der Waals surface area contributed by atoms with Crippen molar-refractivity contribution in [2.75, 3.05) is 6.54 Å². The first-order valence-electron chi connectivity index (χ1n) is 7.53. The summed E-state index contributed by atoms with van der Waals surface area (Å²) in [4.78, 5) is 0. The van der Waals surface area contributed by atoms with Gasteiger partial charge in [-0.1, -0.05) is 63.9 Å². The first-order valence-corrected chi connectivity index (χ1v) is 7.53. The summed E-state index contributed by atoms with van der Waals surface area (Å²) in [6.07, 6.45) is 5.33. The maximum atomic E-state index is 3.77. The van der Waals surface area contributed by atoms with Gasteiger partial charge in [-0.2, -0.15) is 0 Å². The van der Waals surface area contributed by atoms with Crippen molar-refractivity contribution < 1.29 is 0 Å². The van der Waals surface area contributed by atoms with E-state index in [0.29, 0.717) is 11.5 Å². The van der Waals surface area contributed by atoms with Gasteiger partial charge in [0.25, 0.3) is 0 Å². The predicted molar refractivity (Wildman–Crippen MR) is 78.9 cm³/mol. The first-order chi connectivity index (χ1) is 8.74. The molecule has 0 spiro atoms. The van der Waals surface area contributed by atoms with Gasteiger partial charge in [0.05, 0.1) is 0 Å². The van der Waals surface area contributed by atoms with E-state index in [1.165, 1.54) is 25.7 Å².